The molecule has 1 aliphatic rings. The lowest BCUT2D eigenvalue weighted by molar-refractivity contribution is -0.133. The Balaban J connectivity index is 1.29. The van der Waals surface area contributed by atoms with Crippen LogP contribution in [-0.4, -0.2) is 53.6 Å². The highest BCUT2D eigenvalue weighted by atomic mass is 35.5. The van der Waals surface area contributed by atoms with Gasteiger partial charge < -0.3 is 19.9 Å². The van der Waals surface area contributed by atoms with Crippen molar-refractivity contribution in [3.05, 3.63) is 71.0 Å². The summed E-state index contributed by atoms with van der Waals surface area (Å²) in [4.78, 5) is 25.3. The Morgan fingerprint density at radius 1 is 1.03 bits per heavy atom. The van der Waals surface area contributed by atoms with E-state index in [4.69, 9.17) is 16.3 Å². The third kappa shape index (κ3) is 5.48. The van der Waals surface area contributed by atoms with Gasteiger partial charge >= 0.3 is 0 Å². The van der Waals surface area contributed by atoms with Gasteiger partial charge in [-0.05, 0) is 49.7 Å². The summed E-state index contributed by atoms with van der Waals surface area (Å²) in [5, 5.41) is 3.99. The molecule has 166 valence electrons. The van der Waals surface area contributed by atoms with Crippen molar-refractivity contribution >= 4 is 34.8 Å². The van der Waals surface area contributed by atoms with Crippen LogP contribution in [0.25, 0.3) is 0 Å². The van der Waals surface area contributed by atoms with Gasteiger partial charge in [-0.1, -0.05) is 29.3 Å². The van der Waals surface area contributed by atoms with Gasteiger partial charge in [-0.2, -0.15) is 0 Å². The molecule has 1 aromatic heterocycles. The number of aryl methyl sites for hydroxylation is 2. The minimum atomic E-state index is -0.0262. The van der Waals surface area contributed by atoms with Gasteiger partial charge in [0.25, 0.3) is 5.91 Å². The fraction of sp³-hybridized carbons (Fsp3) is 0.292. The number of hydrogen-bond donors (Lipinski definition) is 1. The minimum Gasteiger partial charge on any atom is -0.484 e. The van der Waals surface area contributed by atoms with Crippen molar-refractivity contribution in [2.45, 2.75) is 13.8 Å². The fourth-order valence-electron chi connectivity index (χ4n) is 3.50. The van der Waals surface area contributed by atoms with Crippen LogP contribution < -0.4 is 15.0 Å². The molecule has 32 heavy (non-hydrogen) atoms. The molecule has 0 radical (unpaired) electrons. The van der Waals surface area contributed by atoms with E-state index in [1.807, 2.05) is 36.1 Å². The number of aromatic nitrogens is 2. The van der Waals surface area contributed by atoms with Crippen LogP contribution in [0.15, 0.2) is 54.9 Å². The Hall–Kier alpha value is -3.32. The van der Waals surface area contributed by atoms with Gasteiger partial charge in [0.15, 0.2) is 6.61 Å². The Bertz CT molecular complexity index is 1080. The summed E-state index contributed by atoms with van der Waals surface area (Å²) in [6.07, 6.45) is 1.56. The highest BCUT2D eigenvalue weighted by Gasteiger charge is 2.22. The van der Waals surface area contributed by atoms with E-state index in [2.05, 4.69) is 39.2 Å². The maximum Gasteiger partial charge on any atom is 0.260 e. The van der Waals surface area contributed by atoms with Crippen LogP contribution in [0, 0.1) is 13.8 Å². The van der Waals surface area contributed by atoms with E-state index in [9.17, 15) is 4.79 Å². The van der Waals surface area contributed by atoms with Crippen LogP contribution in [0.3, 0.4) is 0 Å². The smallest absolute Gasteiger partial charge is 0.260 e. The van der Waals surface area contributed by atoms with Gasteiger partial charge in [-0.3, -0.25) is 4.79 Å². The van der Waals surface area contributed by atoms with E-state index >= 15 is 0 Å². The SMILES string of the molecule is Cc1ccc(Nc2cc(N3CCN(C(=O)COc4ccc(Cl)c(C)c4)CC3)ncn2)cc1. The maximum atomic E-state index is 12.6. The first-order chi connectivity index (χ1) is 15.5. The number of carbonyl (C=O) groups is 1. The molecule has 4 rings (SSSR count). The second kappa shape index (κ2) is 9.87. The second-order valence-corrected chi connectivity index (χ2v) is 8.23. The standard InChI is InChI=1S/C24H26ClN5O2/c1-17-3-5-19(6-4-17)28-22-14-23(27-16-26-22)29-9-11-30(12-10-29)24(31)15-32-20-7-8-21(25)18(2)13-20/h3-8,13-14,16H,9-12,15H2,1-2H3,(H,26,27,28). The zero-order valence-electron chi connectivity index (χ0n) is 18.2. The summed E-state index contributed by atoms with van der Waals surface area (Å²) in [7, 11) is 0. The van der Waals surface area contributed by atoms with E-state index in [0.717, 1.165) is 22.9 Å². The molecule has 0 unspecified atom stereocenters. The second-order valence-electron chi connectivity index (χ2n) is 7.82. The predicted molar refractivity (Wildman–Crippen MR) is 127 cm³/mol. The molecule has 1 aliphatic heterocycles. The number of halogens is 1. The maximum absolute atomic E-state index is 12.6. The van der Waals surface area contributed by atoms with Crippen molar-refractivity contribution in [1.29, 1.82) is 0 Å². The summed E-state index contributed by atoms with van der Waals surface area (Å²) in [6, 6.07) is 15.5. The largest absolute Gasteiger partial charge is 0.484 e. The molecule has 0 atom stereocenters. The summed E-state index contributed by atoms with van der Waals surface area (Å²) < 4.78 is 5.66. The van der Waals surface area contributed by atoms with Crippen molar-refractivity contribution < 1.29 is 9.53 Å². The molecule has 1 amide bonds. The van der Waals surface area contributed by atoms with Crippen LogP contribution in [0.1, 0.15) is 11.1 Å². The van der Waals surface area contributed by atoms with Crippen molar-refractivity contribution in [3.8, 4) is 5.75 Å². The number of piperazine rings is 1. The van der Waals surface area contributed by atoms with Gasteiger partial charge in [0, 0.05) is 43.0 Å². The lowest BCUT2D eigenvalue weighted by Crippen LogP contribution is -2.50. The topological polar surface area (TPSA) is 70.6 Å². The summed E-state index contributed by atoms with van der Waals surface area (Å²) in [6.45, 7) is 6.62. The molecule has 0 saturated carbocycles. The van der Waals surface area contributed by atoms with Gasteiger partial charge in [0.2, 0.25) is 0 Å². The van der Waals surface area contributed by atoms with E-state index in [-0.39, 0.29) is 12.5 Å². The van der Waals surface area contributed by atoms with Gasteiger partial charge in [0.05, 0.1) is 0 Å². The number of nitrogens with zero attached hydrogens (tertiary/aromatic N) is 4. The molecule has 2 aromatic carbocycles. The zero-order valence-corrected chi connectivity index (χ0v) is 19.0. The highest BCUT2D eigenvalue weighted by Crippen LogP contribution is 2.22. The minimum absolute atomic E-state index is 0.0131. The number of nitrogens with one attached hydrogen (secondary N) is 1. The third-order valence-corrected chi connectivity index (χ3v) is 5.85. The average Bonchev–Trinajstić information content (AvgIpc) is 2.81. The van der Waals surface area contributed by atoms with E-state index in [1.165, 1.54) is 5.56 Å². The molecule has 2 heterocycles. The van der Waals surface area contributed by atoms with Crippen LogP contribution in [0.2, 0.25) is 5.02 Å². The van der Waals surface area contributed by atoms with E-state index in [1.54, 1.807) is 18.5 Å². The number of benzene rings is 2. The Morgan fingerprint density at radius 3 is 2.50 bits per heavy atom. The molecule has 1 saturated heterocycles. The predicted octanol–water partition coefficient (Wildman–Crippen LogP) is 4.22. The fourth-order valence-corrected chi connectivity index (χ4v) is 3.62. The molecule has 1 fully saturated rings. The first kappa shape index (κ1) is 21.9. The first-order valence-electron chi connectivity index (χ1n) is 10.6. The molecule has 1 N–H and O–H groups in total. The normalized spacial score (nSPS) is 13.7. The van der Waals surface area contributed by atoms with Crippen LogP contribution >= 0.6 is 11.6 Å². The van der Waals surface area contributed by atoms with Crippen LogP contribution in [-0.2, 0) is 4.79 Å². The average molecular weight is 452 g/mol. The monoisotopic (exact) mass is 451 g/mol. The molecule has 7 nitrogen and oxygen atoms in total. The molecular weight excluding hydrogens is 426 g/mol. The van der Waals surface area contributed by atoms with Gasteiger partial charge in [-0.25, -0.2) is 9.97 Å². The quantitative estimate of drug-likeness (QED) is 0.605. The molecule has 0 bridgehead atoms. The van der Waals surface area contributed by atoms with Crippen molar-refractivity contribution in [2.75, 3.05) is 43.0 Å². The van der Waals surface area contributed by atoms with Gasteiger partial charge in [0.1, 0.15) is 23.7 Å². The first-order valence-corrected chi connectivity index (χ1v) is 10.9. The lowest BCUT2D eigenvalue weighted by atomic mass is 10.2. The molecule has 3 aromatic rings. The molecular formula is C24H26ClN5O2. The number of amides is 1. The Morgan fingerprint density at radius 2 is 1.78 bits per heavy atom. The third-order valence-electron chi connectivity index (χ3n) is 5.42. The summed E-state index contributed by atoms with van der Waals surface area (Å²) >= 11 is 6.04. The Labute approximate surface area is 193 Å². The van der Waals surface area contributed by atoms with Crippen molar-refractivity contribution in [2.24, 2.45) is 0 Å². The summed E-state index contributed by atoms with van der Waals surface area (Å²) in [5.41, 5.74) is 3.11. The highest BCUT2D eigenvalue weighted by molar-refractivity contribution is 6.31. The van der Waals surface area contributed by atoms with Crippen LogP contribution in [0.4, 0.5) is 17.3 Å². The Kier molecular flexibility index (Phi) is 6.75. The molecule has 0 aliphatic carbocycles. The van der Waals surface area contributed by atoms with Crippen molar-refractivity contribution in [3.63, 3.8) is 0 Å². The molecule has 0 spiro atoms. The van der Waals surface area contributed by atoms with E-state index < -0.39 is 0 Å². The summed E-state index contributed by atoms with van der Waals surface area (Å²) in [5.74, 6) is 2.20. The zero-order chi connectivity index (χ0) is 22.5. The number of rotatable bonds is 6. The van der Waals surface area contributed by atoms with Crippen LogP contribution in [0.5, 0.6) is 5.75 Å². The van der Waals surface area contributed by atoms with Gasteiger partial charge in [-0.15, -0.1) is 0 Å². The number of hydrogen-bond acceptors (Lipinski definition) is 6. The molecule has 8 heteroatoms. The van der Waals surface area contributed by atoms with Crippen molar-refractivity contribution in [1.82, 2.24) is 14.9 Å². The van der Waals surface area contributed by atoms with E-state index in [0.29, 0.717) is 37.0 Å². The number of ether oxygens (including phenoxy) is 1. The number of anilines is 3. The lowest BCUT2D eigenvalue weighted by Gasteiger charge is -2.35. The number of carbonyl (C=O) groups excluding carboxylic acids is 1.